The van der Waals surface area contributed by atoms with E-state index in [4.69, 9.17) is 4.74 Å². The van der Waals surface area contributed by atoms with Gasteiger partial charge in [0, 0.05) is 38.9 Å². The Morgan fingerprint density at radius 2 is 1.84 bits per heavy atom. The molecule has 1 heterocycles. The van der Waals surface area contributed by atoms with Gasteiger partial charge >= 0.3 is 6.18 Å². The Bertz CT molecular complexity index is 911. The van der Waals surface area contributed by atoms with Crippen molar-refractivity contribution in [1.82, 2.24) is 9.21 Å². The van der Waals surface area contributed by atoms with Crippen molar-refractivity contribution in [2.45, 2.75) is 36.9 Å². The number of hydrogen-bond acceptors (Lipinski definition) is 5. The maximum absolute atomic E-state index is 13.5. The van der Waals surface area contributed by atoms with E-state index in [0.29, 0.717) is 32.0 Å². The monoisotopic (exact) mass is 463 g/mol. The number of sulfonamides is 1. The Morgan fingerprint density at radius 3 is 2.35 bits per heavy atom. The van der Waals surface area contributed by atoms with Gasteiger partial charge in [0.05, 0.1) is 23.7 Å². The number of carbonyl (C=O) groups excluding carboxylic acids is 1. The molecule has 31 heavy (non-hydrogen) atoms. The first kappa shape index (κ1) is 23.8. The number of hydrogen-bond donors (Lipinski definition) is 0. The molecule has 0 bridgehead atoms. The fourth-order valence-electron chi connectivity index (χ4n) is 3.72. The summed E-state index contributed by atoms with van der Waals surface area (Å²) in [5, 5.41) is 0. The average Bonchev–Trinajstić information content (AvgIpc) is 3.56. The zero-order valence-corrected chi connectivity index (χ0v) is 18.7. The van der Waals surface area contributed by atoms with Crippen LogP contribution in [0.5, 0.6) is 0 Å². The number of anilines is 1. The number of amides is 1. The first-order valence-corrected chi connectivity index (χ1v) is 11.6. The van der Waals surface area contributed by atoms with Crippen molar-refractivity contribution in [3.05, 3.63) is 23.8 Å². The van der Waals surface area contributed by atoms with Gasteiger partial charge in [-0.3, -0.25) is 4.79 Å². The molecule has 7 nitrogen and oxygen atoms in total. The number of halogens is 3. The summed E-state index contributed by atoms with van der Waals surface area (Å²) < 4.78 is 71.6. The molecule has 1 aliphatic heterocycles. The van der Waals surface area contributed by atoms with E-state index in [1.54, 1.807) is 6.92 Å². The van der Waals surface area contributed by atoms with Gasteiger partial charge in [-0.1, -0.05) is 0 Å². The molecule has 2 fully saturated rings. The summed E-state index contributed by atoms with van der Waals surface area (Å²) >= 11 is 0. The highest BCUT2D eigenvalue weighted by molar-refractivity contribution is 7.89. The molecule has 3 rings (SSSR count). The lowest BCUT2D eigenvalue weighted by Gasteiger charge is -2.34. The molecule has 1 amide bonds. The summed E-state index contributed by atoms with van der Waals surface area (Å²) in [6.07, 6.45) is -3.02. The molecular weight excluding hydrogens is 435 g/mol. The van der Waals surface area contributed by atoms with E-state index in [0.717, 1.165) is 22.0 Å². The molecule has 0 aromatic heterocycles. The van der Waals surface area contributed by atoms with E-state index in [9.17, 15) is 26.4 Å². The van der Waals surface area contributed by atoms with Crippen LogP contribution in [-0.4, -0.2) is 82.7 Å². The number of carbonyl (C=O) groups is 1. The summed E-state index contributed by atoms with van der Waals surface area (Å²) in [6, 6.07) is 3.49. The third-order valence-corrected chi connectivity index (χ3v) is 7.55. The van der Waals surface area contributed by atoms with Crippen LogP contribution in [0.2, 0.25) is 0 Å². The predicted molar refractivity (Wildman–Crippen MR) is 110 cm³/mol. The van der Waals surface area contributed by atoms with Crippen LogP contribution in [0.1, 0.15) is 30.1 Å². The summed E-state index contributed by atoms with van der Waals surface area (Å²) in [7, 11) is -1.15. The minimum Gasteiger partial charge on any atom is -0.378 e. The summed E-state index contributed by atoms with van der Waals surface area (Å²) in [6.45, 7) is 1.98. The molecule has 174 valence electrons. The highest BCUT2D eigenvalue weighted by Gasteiger charge is 2.41. The molecule has 1 saturated carbocycles. The van der Waals surface area contributed by atoms with Crippen LogP contribution >= 0.6 is 0 Å². The third kappa shape index (κ3) is 5.50. The zero-order valence-electron chi connectivity index (χ0n) is 17.9. The summed E-state index contributed by atoms with van der Waals surface area (Å²) in [4.78, 5) is 16.0. The van der Waals surface area contributed by atoms with Crippen LogP contribution in [0.25, 0.3) is 0 Å². The molecule has 1 aromatic carbocycles. The van der Waals surface area contributed by atoms with E-state index in [2.05, 4.69) is 0 Å². The van der Waals surface area contributed by atoms with Crippen LogP contribution in [-0.2, 0) is 14.8 Å². The Hall–Kier alpha value is -1.85. The number of ether oxygens (including phenoxy) is 1. The lowest BCUT2D eigenvalue weighted by Crippen LogP contribution is -2.46. The molecule has 0 N–H and O–H groups in total. The lowest BCUT2D eigenvalue weighted by atomic mass is 10.1. The molecule has 1 aromatic rings. The second-order valence-corrected chi connectivity index (χ2v) is 10.3. The second kappa shape index (κ2) is 8.95. The van der Waals surface area contributed by atoms with Gasteiger partial charge in [-0.05, 0) is 43.9 Å². The first-order valence-electron chi connectivity index (χ1n) is 10.2. The lowest BCUT2D eigenvalue weighted by molar-refractivity contribution is -0.144. The van der Waals surface area contributed by atoms with Crippen LogP contribution in [0.3, 0.4) is 0 Å². The Balaban J connectivity index is 2.08. The van der Waals surface area contributed by atoms with Crippen molar-refractivity contribution in [2.75, 3.05) is 51.8 Å². The van der Waals surface area contributed by atoms with Crippen molar-refractivity contribution < 1.29 is 31.1 Å². The molecule has 0 spiro atoms. The topological polar surface area (TPSA) is 70.2 Å². The smallest absolute Gasteiger partial charge is 0.378 e. The normalized spacial score (nSPS) is 18.9. The van der Waals surface area contributed by atoms with Gasteiger partial charge < -0.3 is 14.5 Å². The summed E-state index contributed by atoms with van der Waals surface area (Å²) in [5.41, 5.74) is 0.378. The molecule has 1 saturated heterocycles. The number of rotatable bonds is 7. The van der Waals surface area contributed by atoms with E-state index in [-0.39, 0.29) is 16.4 Å². The van der Waals surface area contributed by atoms with E-state index < -0.39 is 34.7 Å². The van der Waals surface area contributed by atoms with Gasteiger partial charge in [0.25, 0.3) is 5.91 Å². The van der Waals surface area contributed by atoms with Crippen molar-refractivity contribution in [2.24, 2.45) is 5.92 Å². The van der Waals surface area contributed by atoms with Crippen molar-refractivity contribution in [3.63, 3.8) is 0 Å². The molecule has 1 atom stereocenters. The average molecular weight is 464 g/mol. The number of alkyl halides is 3. The first-order chi connectivity index (χ1) is 14.4. The van der Waals surface area contributed by atoms with Gasteiger partial charge in [0.15, 0.2) is 0 Å². The Labute approximate surface area is 180 Å². The molecule has 2 aliphatic rings. The molecular formula is C20H28F3N3O4S. The van der Waals surface area contributed by atoms with Gasteiger partial charge in [-0.2, -0.15) is 13.2 Å². The zero-order chi connectivity index (χ0) is 23.0. The van der Waals surface area contributed by atoms with Crippen LogP contribution < -0.4 is 4.90 Å². The van der Waals surface area contributed by atoms with Crippen LogP contribution in [0, 0.1) is 5.92 Å². The predicted octanol–water partition coefficient (Wildman–Crippen LogP) is 2.58. The van der Waals surface area contributed by atoms with Crippen LogP contribution in [0.15, 0.2) is 23.1 Å². The summed E-state index contributed by atoms with van der Waals surface area (Å²) in [5.74, 6) is -0.791. The van der Waals surface area contributed by atoms with Gasteiger partial charge in [0.2, 0.25) is 10.0 Å². The molecule has 0 unspecified atom stereocenters. The molecule has 0 radical (unpaired) electrons. The fraction of sp³-hybridized carbons (Fsp3) is 0.650. The van der Waals surface area contributed by atoms with E-state index in [1.807, 2.05) is 4.90 Å². The number of morpholine rings is 1. The minimum absolute atomic E-state index is 0.0202. The maximum atomic E-state index is 13.5. The van der Waals surface area contributed by atoms with Crippen molar-refractivity contribution >= 4 is 21.6 Å². The largest absolute Gasteiger partial charge is 0.406 e. The van der Waals surface area contributed by atoms with Gasteiger partial charge in [-0.25, -0.2) is 12.7 Å². The SMILES string of the molecule is C[C@@H](C1CC1)N(CC(F)(F)F)C(=O)c1cc(S(=O)(=O)N(C)C)ccc1N1CCOCC1. The quantitative estimate of drug-likeness (QED) is 0.622. The highest BCUT2D eigenvalue weighted by atomic mass is 32.2. The maximum Gasteiger partial charge on any atom is 0.406 e. The van der Waals surface area contributed by atoms with Crippen molar-refractivity contribution in [3.8, 4) is 0 Å². The van der Waals surface area contributed by atoms with Crippen molar-refractivity contribution in [1.29, 1.82) is 0 Å². The highest BCUT2D eigenvalue weighted by Crippen LogP contribution is 2.38. The minimum atomic E-state index is -4.56. The standard InChI is InChI=1S/C20H28F3N3O4S/c1-14(15-4-5-15)26(13-20(21,22)23)19(27)17-12-16(31(28,29)24(2)3)6-7-18(17)25-8-10-30-11-9-25/h6-7,12,14-15H,4-5,8-11,13H2,1-3H3/t14-/m0/s1. The Kier molecular flexibility index (Phi) is 6.87. The third-order valence-electron chi connectivity index (χ3n) is 5.74. The van der Waals surface area contributed by atoms with Crippen LogP contribution in [0.4, 0.5) is 18.9 Å². The van der Waals surface area contributed by atoms with E-state index in [1.165, 1.54) is 32.3 Å². The number of benzene rings is 1. The fourth-order valence-corrected chi connectivity index (χ4v) is 4.65. The molecule has 1 aliphatic carbocycles. The Morgan fingerprint density at radius 1 is 1.23 bits per heavy atom. The molecule has 11 heteroatoms. The van der Waals surface area contributed by atoms with E-state index >= 15 is 0 Å². The van der Waals surface area contributed by atoms with Gasteiger partial charge in [-0.15, -0.1) is 0 Å². The number of nitrogens with zero attached hydrogens (tertiary/aromatic N) is 3. The second-order valence-electron chi connectivity index (χ2n) is 8.19. The van der Waals surface area contributed by atoms with Gasteiger partial charge in [0.1, 0.15) is 6.54 Å².